The molecule has 2 rings (SSSR count). The number of nitrogen functional groups attached to an aromatic ring is 1. The largest absolute Gasteiger partial charge is 0.369 e. The quantitative estimate of drug-likeness (QED) is 0.885. The van der Waals surface area contributed by atoms with Crippen LogP contribution < -0.4 is 5.73 Å². The number of hydrogen-bond donors (Lipinski definition) is 1. The van der Waals surface area contributed by atoms with Gasteiger partial charge in [-0.2, -0.15) is 5.10 Å². The first-order valence-corrected chi connectivity index (χ1v) is 7.70. The van der Waals surface area contributed by atoms with Gasteiger partial charge in [-0.1, -0.05) is 27.2 Å². The van der Waals surface area contributed by atoms with Crippen molar-refractivity contribution in [1.82, 2.24) is 24.2 Å². The maximum absolute atomic E-state index is 6.24. The third-order valence-electron chi connectivity index (χ3n) is 3.90. The summed E-state index contributed by atoms with van der Waals surface area (Å²) < 4.78 is 4.08. The number of nitrogens with two attached hydrogens (primary N) is 1. The standard InChI is InChI=1S/C15H28N6/c1-7-8-11-13-14(20(6)18-11)21(15(16)17-13)12(10(2)3)9-19(4)5/h10,12H,7-9H2,1-6H3,(H2,16,17). The van der Waals surface area contributed by atoms with Gasteiger partial charge in [0.2, 0.25) is 5.95 Å². The number of nitrogens with zero attached hydrogens (tertiary/aromatic N) is 5. The molecule has 118 valence electrons. The van der Waals surface area contributed by atoms with Crippen molar-refractivity contribution in [3.05, 3.63) is 5.69 Å². The van der Waals surface area contributed by atoms with Crippen LogP contribution >= 0.6 is 0 Å². The third kappa shape index (κ3) is 2.90. The van der Waals surface area contributed by atoms with Crippen molar-refractivity contribution in [2.45, 2.75) is 39.7 Å². The zero-order valence-corrected chi connectivity index (χ0v) is 14.1. The minimum absolute atomic E-state index is 0.287. The molecule has 2 N–H and O–H groups in total. The molecule has 6 nitrogen and oxygen atoms in total. The predicted octanol–water partition coefficient (Wildman–Crippen LogP) is 2.06. The molecule has 0 saturated carbocycles. The first-order valence-electron chi connectivity index (χ1n) is 7.70. The summed E-state index contributed by atoms with van der Waals surface area (Å²) in [6, 6.07) is 0.287. The molecule has 0 spiro atoms. The molecule has 21 heavy (non-hydrogen) atoms. The van der Waals surface area contributed by atoms with Gasteiger partial charge in [-0.15, -0.1) is 0 Å². The van der Waals surface area contributed by atoms with E-state index in [-0.39, 0.29) is 6.04 Å². The summed E-state index contributed by atoms with van der Waals surface area (Å²) in [4.78, 5) is 6.80. The summed E-state index contributed by atoms with van der Waals surface area (Å²) in [6.45, 7) is 7.54. The Labute approximate surface area is 126 Å². The van der Waals surface area contributed by atoms with E-state index in [1.54, 1.807) is 0 Å². The van der Waals surface area contributed by atoms with Crippen LogP contribution in [0.5, 0.6) is 0 Å². The molecule has 0 bridgehead atoms. The normalized spacial score (nSPS) is 13.7. The van der Waals surface area contributed by atoms with E-state index in [0.29, 0.717) is 11.9 Å². The number of rotatable bonds is 6. The fourth-order valence-electron chi connectivity index (χ4n) is 2.92. The van der Waals surface area contributed by atoms with Gasteiger partial charge in [-0.3, -0.25) is 9.25 Å². The van der Waals surface area contributed by atoms with Crippen LogP contribution in [-0.4, -0.2) is 44.9 Å². The van der Waals surface area contributed by atoms with Crippen LogP contribution in [0, 0.1) is 5.92 Å². The van der Waals surface area contributed by atoms with Gasteiger partial charge in [-0.05, 0) is 26.4 Å². The van der Waals surface area contributed by atoms with Gasteiger partial charge in [-0.25, -0.2) is 4.98 Å². The lowest BCUT2D eigenvalue weighted by Gasteiger charge is -2.27. The van der Waals surface area contributed by atoms with Gasteiger partial charge in [0.15, 0.2) is 5.65 Å². The van der Waals surface area contributed by atoms with Gasteiger partial charge in [0.1, 0.15) is 5.52 Å². The van der Waals surface area contributed by atoms with Crippen LogP contribution in [0.2, 0.25) is 0 Å². The molecule has 0 aliphatic rings. The van der Waals surface area contributed by atoms with Crippen LogP contribution in [-0.2, 0) is 13.5 Å². The highest BCUT2D eigenvalue weighted by atomic mass is 15.4. The molecule has 0 radical (unpaired) electrons. The Morgan fingerprint density at radius 2 is 1.95 bits per heavy atom. The maximum Gasteiger partial charge on any atom is 0.202 e. The van der Waals surface area contributed by atoms with Crippen molar-refractivity contribution in [2.75, 3.05) is 26.4 Å². The lowest BCUT2D eigenvalue weighted by atomic mass is 10.0. The van der Waals surface area contributed by atoms with Crippen LogP contribution in [0.15, 0.2) is 0 Å². The average molecular weight is 292 g/mol. The molecule has 0 aliphatic carbocycles. The van der Waals surface area contributed by atoms with Crippen molar-refractivity contribution in [2.24, 2.45) is 13.0 Å². The molecule has 2 aromatic rings. The second kappa shape index (κ2) is 6.05. The summed E-state index contributed by atoms with van der Waals surface area (Å²) in [5.74, 6) is 1.06. The zero-order valence-electron chi connectivity index (χ0n) is 14.1. The van der Waals surface area contributed by atoms with Crippen molar-refractivity contribution < 1.29 is 0 Å². The second-order valence-corrected chi connectivity index (χ2v) is 6.41. The highest BCUT2D eigenvalue weighted by Crippen LogP contribution is 2.29. The number of fused-ring (bicyclic) bond motifs is 1. The Bertz CT molecular complexity index is 607. The molecule has 0 amide bonds. The van der Waals surface area contributed by atoms with Gasteiger partial charge in [0.05, 0.1) is 11.7 Å². The molecule has 1 atom stereocenters. The maximum atomic E-state index is 6.24. The Kier molecular flexibility index (Phi) is 4.56. The Morgan fingerprint density at radius 1 is 1.29 bits per heavy atom. The van der Waals surface area contributed by atoms with Crippen molar-refractivity contribution >= 4 is 17.1 Å². The Balaban J connectivity index is 2.59. The molecule has 6 heteroatoms. The van der Waals surface area contributed by atoms with Crippen molar-refractivity contribution in [3.63, 3.8) is 0 Å². The van der Waals surface area contributed by atoms with E-state index in [4.69, 9.17) is 5.73 Å². The lowest BCUT2D eigenvalue weighted by Crippen LogP contribution is -2.29. The summed E-state index contributed by atoms with van der Waals surface area (Å²) in [7, 11) is 6.16. The van der Waals surface area contributed by atoms with Gasteiger partial charge in [0.25, 0.3) is 0 Å². The SMILES string of the molecule is CCCc1nn(C)c2c1nc(N)n2C(CN(C)C)C(C)C. The van der Waals surface area contributed by atoms with Crippen LogP contribution in [0.4, 0.5) is 5.95 Å². The fraction of sp³-hybridized carbons (Fsp3) is 0.733. The molecule has 2 heterocycles. The number of imidazole rings is 1. The Hall–Kier alpha value is -1.56. The van der Waals surface area contributed by atoms with E-state index in [9.17, 15) is 0 Å². The highest BCUT2D eigenvalue weighted by Gasteiger charge is 2.25. The fourth-order valence-corrected chi connectivity index (χ4v) is 2.92. The topological polar surface area (TPSA) is 64.9 Å². The van der Waals surface area contributed by atoms with Gasteiger partial charge < -0.3 is 10.6 Å². The smallest absolute Gasteiger partial charge is 0.202 e. The number of likely N-dealkylation sites (N-methyl/N-ethyl adjacent to an activating group) is 1. The number of anilines is 1. The molecule has 0 fully saturated rings. The third-order valence-corrected chi connectivity index (χ3v) is 3.90. The molecular formula is C15H28N6. The van der Waals surface area contributed by atoms with E-state index >= 15 is 0 Å². The Morgan fingerprint density at radius 3 is 2.48 bits per heavy atom. The lowest BCUT2D eigenvalue weighted by molar-refractivity contribution is 0.274. The zero-order chi connectivity index (χ0) is 15.7. The summed E-state index contributed by atoms with van der Waals surface area (Å²) in [5, 5.41) is 4.63. The highest BCUT2D eigenvalue weighted by molar-refractivity contribution is 5.78. The van der Waals surface area contributed by atoms with E-state index in [1.165, 1.54) is 0 Å². The van der Waals surface area contributed by atoms with E-state index in [0.717, 1.165) is 36.2 Å². The minimum atomic E-state index is 0.287. The average Bonchev–Trinajstić information content (AvgIpc) is 2.85. The minimum Gasteiger partial charge on any atom is -0.369 e. The molecule has 0 aliphatic heterocycles. The van der Waals surface area contributed by atoms with E-state index < -0.39 is 0 Å². The molecule has 0 aromatic carbocycles. The van der Waals surface area contributed by atoms with Crippen molar-refractivity contribution in [3.8, 4) is 0 Å². The second-order valence-electron chi connectivity index (χ2n) is 6.41. The number of aryl methyl sites for hydroxylation is 2. The van der Waals surface area contributed by atoms with Crippen molar-refractivity contribution in [1.29, 1.82) is 0 Å². The molecule has 0 saturated heterocycles. The van der Waals surface area contributed by atoms with Crippen LogP contribution in [0.3, 0.4) is 0 Å². The molecular weight excluding hydrogens is 264 g/mol. The first kappa shape index (κ1) is 15.8. The molecule has 2 aromatic heterocycles. The monoisotopic (exact) mass is 292 g/mol. The molecule has 1 unspecified atom stereocenters. The summed E-state index contributed by atoms with van der Waals surface area (Å²) >= 11 is 0. The van der Waals surface area contributed by atoms with E-state index in [2.05, 4.69) is 54.4 Å². The summed E-state index contributed by atoms with van der Waals surface area (Å²) in [5.41, 5.74) is 9.29. The van der Waals surface area contributed by atoms with Gasteiger partial charge in [0, 0.05) is 13.6 Å². The van der Waals surface area contributed by atoms with E-state index in [1.807, 2.05) is 11.7 Å². The van der Waals surface area contributed by atoms with Crippen LogP contribution in [0.1, 0.15) is 38.9 Å². The number of aromatic nitrogens is 4. The van der Waals surface area contributed by atoms with Gasteiger partial charge >= 0.3 is 0 Å². The number of hydrogen-bond acceptors (Lipinski definition) is 4. The predicted molar refractivity (Wildman–Crippen MR) is 87.3 cm³/mol. The first-order chi connectivity index (χ1) is 9.86. The van der Waals surface area contributed by atoms with Crippen LogP contribution in [0.25, 0.3) is 11.2 Å². The summed E-state index contributed by atoms with van der Waals surface area (Å²) in [6.07, 6.45) is 2.00.